The minimum atomic E-state index is -0.285. The quantitative estimate of drug-likeness (QED) is 0.736. The van der Waals surface area contributed by atoms with Gasteiger partial charge in [-0.15, -0.1) is 12.4 Å². The first-order valence-electron chi connectivity index (χ1n) is 9.02. The van der Waals surface area contributed by atoms with Crippen molar-refractivity contribution in [2.45, 2.75) is 31.7 Å². The number of halogens is 1. The first-order chi connectivity index (χ1) is 12.6. The van der Waals surface area contributed by atoms with Crippen LogP contribution in [-0.4, -0.2) is 36.4 Å². The number of fused-ring (bicyclic) bond motifs is 1. The molecule has 0 spiro atoms. The highest BCUT2D eigenvalue weighted by Crippen LogP contribution is 2.27. The number of hydrogen-bond acceptors (Lipinski definition) is 4. The Balaban J connectivity index is 0.00000210. The van der Waals surface area contributed by atoms with E-state index in [4.69, 9.17) is 0 Å². The Morgan fingerprint density at radius 1 is 1.22 bits per heavy atom. The van der Waals surface area contributed by atoms with Gasteiger partial charge in [-0.1, -0.05) is 12.1 Å². The Bertz CT molecular complexity index is 880. The number of carbonyl (C=O) groups excluding carboxylic acids is 2. The predicted molar refractivity (Wildman–Crippen MR) is 107 cm³/mol. The fourth-order valence-corrected chi connectivity index (χ4v) is 3.33. The Morgan fingerprint density at radius 3 is 2.78 bits per heavy atom. The lowest BCUT2D eigenvalue weighted by molar-refractivity contribution is 0.0951. The Hall–Kier alpha value is -2.60. The molecule has 0 radical (unpaired) electrons. The van der Waals surface area contributed by atoms with Crippen molar-refractivity contribution >= 4 is 29.9 Å². The average Bonchev–Trinajstić information content (AvgIpc) is 3.33. The van der Waals surface area contributed by atoms with Crippen LogP contribution in [0.4, 0.5) is 5.69 Å². The summed E-state index contributed by atoms with van der Waals surface area (Å²) in [4.78, 5) is 29.1. The summed E-state index contributed by atoms with van der Waals surface area (Å²) < 4.78 is 0. The number of nitrogens with one attached hydrogen (secondary N) is 3. The molecule has 2 heterocycles. The molecule has 0 bridgehead atoms. The van der Waals surface area contributed by atoms with Crippen molar-refractivity contribution in [2.24, 2.45) is 0 Å². The van der Waals surface area contributed by atoms with E-state index in [1.807, 2.05) is 6.07 Å². The third-order valence-electron chi connectivity index (χ3n) is 4.85. The monoisotopic (exact) mass is 386 g/mol. The molecular weight excluding hydrogens is 364 g/mol. The smallest absolute Gasteiger partial charge is 0.269 e. The maximum atomic E-state index is 12.5. The minimum absolute atomic E-state index is 0. The second-order valence-electron chi connectivity index (χ2n) is 6.86. The van der Waals surface area contributed by atoms with E-state index < -0.39 is 0 Å². The molecule has 6 nitrogen and oxygen atoms in total. The van der Waals surface area contributed by atoms with Crippen molar-refractivity contribution in [1.29, 1.82) is 0 Å². The van der Waals surface area contributed by atoms with E-state index in [0.29, 0.717) is 12.0 Å². The normalized spacial score (nSPS) is 14.6. The third kappa shape index (κ3) is 4.22. The topological polar surface area (TPSA) is 83.1 Å². The molecule has 1 saturated carbocycles. The van der Waals surface area contributed by atoms with Gasteiger partial charge in [0.25, 0.3) is 11.8 Å². The van der Waals surface area contributed by atoms with Gasteiger partial charge in [-0.25, -0.2) is 4.98 Å². The van der Waals surface area contributed by atoms with Gasteiger partial charge in [0.05, 0.1) is 0 Å². The molecule has 1 aliphatic carbocycles. The molecule has 0 saturated heterocycles. The van der Waals surface area contributed by atoms with Crippen molar-refractivity contribution in [3.63, 3.8) is 0 Å². The Kier molecular flexibility index (Phi) is 5.65. The molecule has 3 N–H and O–H groups in total. The molecule has 1 fully saturated rings. The van der Waals surface area contributed by atoms with Crippen LogP contribution in [-0.2, 0) is 12.8 Å². The molecule has 2 aliphatic rings. The molecule has 1 aliphatic heterocycles. The lowest BCUT2D eigenvalue weighted by Crippen LogP contribution is -2.27. The summed E-state index contributed by atoms with van der Waals surface area (Å²) in [6.45, 7) is 0.938. The van der Waals surface area contributed by atoms with E-state index in [-0.39, 0.29) is 36.0 Å². The summed E-state index contributed by atoms with van der Waals surface area (Å²) in [6.07, 6.45) is 3.62. The summed E-state index contributed by atoms with van der Waals surface area (Å²) in [5.41, 5.74) is 5.14. The molecule has 7 heteroatoms. The summed E-state index contributed by atoms with van der Waals surface area (Å²) in [5.74, 6) is -0.423. The van der Waals surface area contributed by atoms with E-state index >= 15 is 0 Å². The zero-order valence-electron chi connectivity index (χ0n) is 15.2. The van der Waals surface area contributed by atoms with Gasteiger partial charge < -0.3 is 16.0 Å². The highest BCUT2D eigenvalue weighted by atomic mass is 35.5. The van der Waals surface area contributed by atoms with E-state index in [1.54, 1.807) is 19.2 Å². The lowest BCUT2D eigenvalue weighted by Gasteiger charge is -2.11. The van der Waals surface area contributed by atoms with Crippen molar-refractivity contribution < 1.29 is 9.59 Å². The van der Waals surface area contributed by atoms with E-state index in [1.165, 1.54) is 11.1 Å². The number of pyridine rings is 1. The molecule has 2 amide bonds. The largest absolute Gasteiger partial charge is 0.384 e. The summed E-state index contributed by atoms with van der Waals surface area (Å²) in [5, 5.41) is 8.94. The molecule has 1 aromatic heterocycles. The van der Waals surface area contributed by atoms with Gasteiger partial charge in [-0.05, 0) is 48.6 Å². The number of anilines is 1. The summed E-state index contributed by atoms with van der Waals surface area (Å²) in [7, 11) is 1.57. The molecule has 0 atom stereocenters. The van der Waals surface area contributed by atoms with Gasteiger partial charge in [-0.3, -0.25) is 9.59 Å². The van der Waals surface area contributed by atoms with Crippen LogP contribution in [0.1, 0.15) is 50.5 Å². The van der Waals surface area contributed by atoms with Gasteiger partial charge in [0.1, 0.15) is 5.69 Å². The number of carbonyl (C=O) groups is 2. The van der Waals surface area contributed by atoms with Gasteiger partial charge in [-0.2, -0.15) is 0 Å². The second-order valence-corrected chi connectivity index (χ2v) is 6.86. The number of rotatable bonds is 5. The Morgan fingerprint density at radius 2 is 2.04 bits per heavy atom. The Labute approximate surface area is 164 Å². The fraction of sp³-hybridized carbons (Fsp3) is 0.350. The highest BCUT2D eigenvalue weighted by Gasteiger charge is 2.25. The molecule has 0 unspecified atom stereocenters. The zero-order valence-corrected chi connectivity index (χ0v) is 16.0. The van der Waals surface area contributed by atoms with Crippen LogP contribution in [0.5, 0.6) is 0 Å². The highest BCUT2D eigenvalue weighted by molar-refractivity contribution is 5.98. The van der Waals surface area contributed by atoms with Gasteiger partial charge >= 0.3 is 0 Å². The van der Waals surface area contributed by atoms with Crippen molar-refractivity contribution in [3.8, 4) is 0 Å². The predicted octanol–water partition coefficient (Wildman–Crippen LogP) is 2.31. The van der Waals surface area contributed by atoms with Crippen LogP contribution >= 0.6 is 12.4 Å². The average molecular weight is 387 g/mol. The first-order valence-corrected chi connectivity index (χ1v) is 9.02. The zero-order chi connectivity index (χ0) is 18.1. The van der Waals surface area contributed by atoms with Gasteiger partial charge in [0.15, 0.2) is 0 Å². The van der Waals surface area contributed by atoms with E-state index in [0.717, 1.165) is 37.2 Å². The lowest BCUT2D eigenvalue weighted by atomic mass is 9.99. The molecule has 4 rings (SSSR count). The molecule has 2 aromatic rings. The number of aromatic nitrogens is 1. The maximum Gasteiger partial charge on any atom is 0.269 e. The fourth-order valence-electron chi connectivity index (χ4n) is 3.33. The number of nitrogens with zero attached hydrogens (tertiary/aromatic N) is 1. The van der Waals surface area contributed by atoms with E-state index in [2.05, 4.69) is 33.1 Å². The van der Waals surface area contributed by atoms with Gasteiger partial charge in [0.2, 0.25) is 0 Å². The standard InChI is InChI=1S/C20H22N4O2.ClH/c1-21-20(26)18-11-13(19(25)24-14-5-6-14)10-15(23-18)9-12-3-2-4-17-16(12)7-8-22-17;/h2-4,10-11,14,22H,5-9H2,1H3,(H,21,26)(H,24,25);1H. The molecule has 27 heavy (non-hydrogen) atoms. The number of benzene rings is 1. The van der Waals surface area contributed by atoms with Crippen LogP contribution < -0.4 is 16.0 Å². The third-order valence-corrected chi connectivity index (χ3v) is 4.85. The van der Waals surface area contributed by atoms with Crippen molar-refractivity contribution in [1.82, 2.24) is 15.6 Å². The first kappa shape index (κ1) is 19.2. The maximum absolute atomic E-state index is 12.5. The van der Waals surface area contributed by atoms with Gasteiger partial charge in [0, 0.05) is 43.0 Å². The molecular formula is C20H23ClN4O2. The van der Waals surface area contributed by atoms with Crippen LogP contribution in [0, 0.1) is 0 Å². The van der Waals surface area contributed by atoms with Crippen LogP contribution in [0.2, 0.25) is 0 Å². The summed E-state index contributed by atoms with van der Waals surface area (Å²) >= 11 is 0. The number of amides is 2. The van der Waals surface area contributed by atoms with Crippen LogP contribution in [0.15, 0.2) is 30.3 Å². The van der Waals surface area contributed by atoms with Crippen molar-refractivity contribution in [2.75, 3.05) is 18.9 Å². The van der Waals surface area contributed by atoms with E-state index in [9.17, 15) is 9.59 Å². The second kappa shape index (κ2) is 7.96. The number of hydrogen-bond donors (Lipinski definition) is 3. The van der Waals surface area contributed by atoms with Crippen LogP contribution in [0.25, 0.3) is 0 Å². The minimum Gasteiger partial charge on any atom is -0.384 e. The SMILES string of the molecule is CNC(=O)c1cc(C(=O)NC2CC2)cc(Cc2cccc3c2CCN3)n1.Cl. The summed E-state index contributed by atoms with van der Waals surface area (Å²) in [6, 6.07) is 9.82. The molecule has 142 valence electrons. The van der Waals surface area contributed by atoms with Crippen molar-refractivity contribution in [3.05, 3.63) is 58.4 Å². The molecule has 1 aromatic carbocycles. The van der Waals surface area contributed by atoms with Crippen LogP contribution in [0.3, 0.4) is 0 Å².